The van der Waals surface area contributed by atoms with Crippen LogP contribution >= 0.6 is 0 Å². The van der Waals surface area contributed by atoms with Gasteiger partial charge in [0.25, 0.3) is 0 Å². The summed E-state index contributed by atoms with van der Waals surface area (Å²) >= 11 is 0. The Bertz CT molecular complexity index is 132. The van der Waals surface area contributed by atoms with E-state index in [0.717, 1.165) is 0 Å². The van der Waals surface area contributed by atoms with Crippen LogP contribution in [-0.2, 0) is 9.53 Å². The summed E-state index contributed by atoms with van der Waals surface area (Å²) in [6, 6.07) is 0. The molecule has 2 nitrogen and oxygen atoms in total. The third-order valence-electron chi connectivity index (χ3n) is 1.16. The van der Waals surface area contributed by atoms with E-state index in [4.69, 9.17) is 4.74 Å². The highest BCUT2D eigenvalue weighted by Crippen LogP contribution is 2.00. The van der Waals surface area contributed by atoms with Crippen molar-refractivity contribution in [1.29, 1.82) is 0 Å². The lowest BCUT2D eigenvalue weighted by Gasteiger charge is -2.04. The molecule has 0 bridgehead atoms. The third-order valence-corrected chi connectivity index (χ3v) is 2.01. The second-order valence-electron chi connectivity index (χ2n) is 2.90. The molecule has 0 saturated heterocycles. The molecule has 0 amide bonds. The number of carbonyl (C=O) groups excluding carboxylic acids is 1. The molecule has 0 unspecified atom stereocenters. The lowest BCUT2D eigenvalue weighted by atomic mass is 10.1. The van der Waals surface area contributed by atoms with Gasteiger partial charge in [-0.25, -0.2) is 0 Å². The lowest BCUT2D eigenvalue weighted by molar-refractivity contribution is -0.142. The molecule has 0 radical (unpaired) electrons. The molecule has 0 aromatic carbocycles. The molecule has 0 aliphatic carbocycles. The zero-order valence-electron chi connectivity index (χ0n) is 7.30. The highest BCUT2D eigenvalue weighted by molar-refractivity contribution is 6.41. The van der Waals surface area contributed by atoms with Crippen molar-refractivity contribution in [2.24, 2.45) is 5.92 Å². The van der Waals surface area contributed by atoms with Crippen LogP contribution in [0, 0.1) is 5.92 Å². The molecule has 64 valence electrons. The second-order valence-corrected chi connectivity index (χ2v) is 4.46. The minimum atomic E-state index is -0.334. The maximum atomic E-state index is 10.9. The van der Waals surface area contributed by atoms with Gasteiger partial charge in [-0.3, -0.25) is 4.79 Å². The van der Waals surface area contributed by atoms with Gasteiger partial charge in [0, 0.05) is 6.42 Å². The first-order valence-electron chi connectivity index (χ1n) is 3.93. The minimum absolute atomic E-state index is 0.0747. The van der Waals surface area contributed by atoms with E-state index < -0.39 is 0 Å². The Balaban J connectivity index is 3.30. The van der Waals surface area contributed by atoms with E-state index in [1.165, 1.54) is 0 Å². The molecule has 0 aromatic rings. The van der Waals surface area contributed by atoms with Gasteiger partial charge in [-0.05, 0) is 5.92 Å². The van der Waals surface area contributed by atoms with Crippen molar-refractivity contribution < 1.29 is 9.53 Å². The van der Waals surface area contributed by atoms with E-state index in [0.29, 0.717) is 18.6 Å². The van der Waals surface area contributed by atoms with Gasteiger partial charge in [-0.15, -0.1) is 12.3 Å². The van der Waals surface area contributed by atoms with E-state index in [2.05, 4.69) is 6.58 Å². The van der Waals surface area contributed by atoms with Gasteiger partial charge in [-0.1, -0.05) is 13.8 Å². The maximum absolute atomic E-state index is 10.9. The molecule has 0 aromatic heterocycles. The number of ether oxygens (including phenoxy) is 1. The van der Waals surface area contributed by atoms with E-state index in [1.807, 2.05) is 19.5 Å². The minimum Gasteiger partial charge on any atom is -0.470 e. The Hall–Kier alpha value is -0.573. The number of esters is 1. The summed E-state index contributed by atoms with van der Waals surface area (Å²) in [7, 11) is -0.334. The van der Waals surface area contributed by atoms with Crippen molar-refractivity contribution in [3.8, 4) is 0 Å². The average Bonchev–Trinajstić information content (AvgIpc) is 1.86. The molecule has 0 aliphatic rings. The fourth-order valence-electron chi connectivity index (χ4n) is 0.648. The largest absolute Gasteiger partial charge is 0.470 e. The predicted molar refractivity (Wildman–Crippen MR) is 49.2 cm³/mol. The third kappa shape index (κ3) is 7.32. The highest BCUT2D eigenvalue weighted by atomic mass is 28.2. The lowest BCUT2D eigenvalue weighted by Crippen LogP contribution is -2.11. The van der Waals surface area contributed by atoms with Crippen molar-refractivity contribution in [2.45, 2.75) is 20.3 Å². The van der Waals surface area contributed by atoms with E-state index in [9.17, 15) is 4.79 Å². The number of rotatable bonds is 5. The first kappa shape index (κ1) is 10.4. The maximum Gasteiger partial charge on any atom is 0.305 e. The Morgan fingerprint density at radius 1 is 1.73 bits per heavy atom. The van der Waals surface area contributed by atoms with E-state index in [-0.39, 0.29) is 15.5 Å². The first-order valence-corrected chi connectivity index (χ1v) is 5.75. The van der Waals surface area contributed by atoms with Crippen LogP contribution in [0.2, 0.25) is 0 Å². The molecule has 0 N–H and O–H groups in total. The summed E-state index contributed by atoms with van der Waals surface area (Å²) < 4.78 is 4.94. The molecule has 0 spiro atoms. The zero-order valence-corrected chi connectivity index (χ0v) is 8.71. The molecular weight excluding hydrogens is 156 g/mol. The average molecular weight is 172 g/mol. The van der Waals surface area contributed by atoms with Gasteiger partial charge in [0.15, 0.2) is 0 Å². The molecule has 11 heavy (non-hydrogen) atoms. The van der Waals surface area contributed by atoms with Crippen LogP contribution in [0.5, 0.6) is 0 Å². The monoisotopic (exact) mass is 172 g/mol. The summed E-state index contributed by atoms with van der Waals surface area (Å²) in [5.41, 5.74) is 1.88. The molecule has 0 rings (SSSR count). The molecule has 0 saturated carbocycles. The molecule has 3 heteroatoms. The van der Waals surface area contributed by atoms with Crippen molar-refractivity contribution >= 4 is 15.5 Å². The molecule has 0 heterocycles. The van der Waals surface area contributed by atoms with E-state index in [1.54, 1.807) is 0 Å². The Labute approximate surface area is 70.5 Å². The summed E-state index contributed by atoms with van der Waals surface area (Å²) in [5.74, 6) is 0.322. The SMILES string of the molecule is C=C[SiH2]COC(=O)CC(C)C. The topological polar surface area (TPSA) is 26.3 Å². The van der Waals surface area contributed by atoms with Crippen molar-refractivity contribution in [1.82, 2.24) is 0 Å². The van der Waals surface area contributed by atoms with Crippen molar-refractivity contribution in [3.05, 3.63) is 12.3 Å². The fraction of sp³-hybridized carbons (Fsp3) is 0.625. The molecule has 0 atom stereocenters. The van der Waals surface area contributed by atoms with Crippen LogP contribution in [-0.4, -0.2) is 21.7 Å². The van der Waals surface area contributed by atoms with Crippen LogP contribution in [0.1, 0.15) is 20.3 Å². The van der Waals surface area contributed by atoms with Gasteiger partial charge in [0.05, 0.1) is 15.7 Å². The Kier molecular flexibility index (Phi) is 5.84. The normalized spacial score (nSPS) is 10.8. The van der Waals surface area contributed by atoms with Crippen LogP contribution in [0.25, 0.3) is 0 Å². The van der Waals surface area contributed by atoms with Crippen LogP contribution in [0.4, 0.5) is 0 Å². The quantitative estimate of drug-likeness (QED) is 0.349. The summed E-state index contributed by atoms with van der Waals surface area (Å²) in [4.78, 5) is 10.9. The highest BCUT2D eigenvalue weighted by Gasteiger charge is 2.04. The molecular formula is C8H16O2Si. The van der Waals surface area contributed by atoms with Gasteiger partial charge in [0.1, 0.15) is 0 Å². The Morgan fingerprint density at radius 2 is 2.36 bits per heavy atom. The fourth-order valence-corrected chi connectivity index (χ4v) is 1.16. The number of carbonyl (C=O) groups is 1. The van der Waals surface area contributed by atoms with Gasteiger partial charge >= 0.3 is 5.97 Å². The van der Waals surface area contributed by atoms with Crippen LogP contribution in [0.3, 0.4) is 0 Å². The number of hydrogen-bond acceptors (Lipinski definition) is 2. The predicted octanol–water partition coefficient (Wildman–Crippen LogP) is 0.845. The summed E-state index contributed by atoms with van der Waals surface area (Å²) in [5, 5.41) is 0. The standard InChI is InChI=1S/C8H16O2Si/c1-4-11-6-10-8(9)5-7(2)3/h4,7H,1,5-6,11H2,2-3H3. The van der Waals surface area contributed by atoms with Crippen molar-refractivity contribution in [3.63, 3.8) is 0 Å². The van der Waals surface area contributed by atoms with Crippen molar-refractivity contribution in [2.75, 3.05) is 6.23 Å². The summed E-state index contributed by atoms with van der Waals surface area (Å²) in [6.45, 7) is 7.60. The van der Waals surface area contributed by atoms with E-state index >= 15 is 0 Å². The molecule has 0 aliphatic heterocycles. The summed E-state index contributed by atoms with van der Waals surface area (Å²) in [6.07, 6.45) is 1.14. The van der Waals surface area contributed by atoms with Gasteiger partial charge in [-0.2, -0.15) is 0 Å². The number of hydrogen-bond donors (Lipinski definition) is 0. The van der Waals surface area contributed by atoms with Gasteiger partial charge in [0.2, 0.25) is 0 Å². The second kappa shape index (κ2) is 6.16. The Morgan fingerprint density at radius 3 is 2.82 bits per heavy atom. The van der Waals surface area contributed by atoms with Crippen LogP contribution < -0.4 is 0 Å². The first-order chi connectivity index (χ1) is 5.16. The zero-order chi connectivity index (χ0) is 8.69. The van der Waals surface area contributed by atoms with Crippen LogP contribution in [0.15, 0.2) is 12.3 Å². The molecule has 0 fully saturated rings. The van der Waals surface area contributed by atoms with Gasteiger partial charge < -0.3 is 4.74 Å². The smallest absolute Gasteiger partial charge is 0.305 e.